The van der Waals surface area contributed by atoms with E-state index in [-0.39, 0.29) is 6.04 Å². The minimum Gasteiger partial charge on any atom is -0.496 e. The van der Waals surface area contributed by atoms with E-state index in [4.69, 9.17) is 14.2 Å². The van der Waals surface area contributed by atoms with Crippen LogP contribution in [0.2, 0.25) is 0 Å². The lowest BCUT2D eigenvalue weighted by molar-refractivity contribution is 0.364. The third-order valence-corrected chi connectivity index (χ3v) is 4.44. The van der Waals surface area contributed by atoms with E-state index in [2.05, 4.69) is 24.4 Å². The van der Waals surface area contributed by atoms with Gasteiger partial charge in [0.1, 0.15) is 17.2 Å². The number of nitrogens with one attached hydrogen (secondary N) is 1. The molecule has 0 aliphatic rings. The van der Waals surface area contributed by atoms with Crippen molar-refractivity contribution in [3.8, 4) is 17.2 Å². The monoisotopic (exact) mass is 307 g/mol. The minimum atomic E-state index is 0.0134. The van der Waals surface area contributed by atoms with Gasteiger partial charge in [0.2, 0.25) is 0 Å². The molecule has 0 spiro atoms. The maximum atomic E-state index is 5.55. The molecule has 0 saturated carbocycles. The molecular formula is C16H21NO3S. The Kier molecular flexibility index (Phi) is 5.09. The van der Waals surface area contributed by atoms with Crippen LogP contribution in [0.5, 0.6) is 17.2 Å². The molecule has 114 valence electrons. The number of aryl methyl sites for hydroxylation is 1. The molecule has 4 nitrogen and oxygen atoms in total. The second-order valence-corrected chi connectivity index (χ2v) is 5.94. The van der Waals surface area contributed by atoms with Gasteiger partial charge in [0.15, 0.2) is 0 Å². The molecule has 1 aromatic heterocycles. The molecule has 2 rings (SSSR count). The van der Waals surface area contributed by atoms with Gasteiger partial charge in [0, 0.05) is 21.9 Å². The topological polar surface area (TPSA) is 39.7 Å². The zero-order valence-electron chi connectivity index (χ0n) is 13.0. The van der Waals surface area contributed by atoms with Crippen LogP contribution in [-0.4, -0.2) is 28.4 Å². The van der Waals surface area contributed by atoms with Gasteiger partial charge < -0.3 is 19.5 Å². The number of ether oxygens (including phenoxy) is 3. The van der Waals surface area contributed by atoms with Crippen LogP contribution in [0.15, 0.2) is 24.3 Å². The van der Waals surface area contributed by atoms with E-state index in [1.54, 1.807) is 32.7 Å². The Morgan fingerprint density at radius 1 is 1.00 bits per heavy atom. The summed E-state index contributed by atoms with van der Waals surface area (Å²) in [5.41, 5.74) is 0.977. The molecule has 21 heavy (non-hydrogen) atoms. The number of benzene rings is 1. The lowest BCUT2D eigenvalue weighted by Gasteiger charge is -2.22. The maximum Gasteiger partial charge on any atom is 0.131 e. The van der Waals surface area contributed by atoms with E-state index in [1.807, 2.05) is 19.2 Å². The molecule has 0 radical (unpaired) electrons. The van der Waals surface area contributed by atoms with Crippen LogP contribution in [0.4, 0.5) is 0 Å². The van der Waals surface area contributed by atoms with Crippen LogP contribution in [0.3, 0.4) is 0 Å². The maximum absolute atomic E-state index is 5.55. The van der Waals surface area contributed by atoms with Gasteiger partial charge in [-0.2, -0.15) is 0 Å². The van der Waals surface area contributed by atoms with Gasteiger partial charge in [-0.1, -0.05) is 0 Å². The number of methoxy groups -OCH3 is 3. The van der Waals surface area contributed by atoms with Crippen LogP contribution in [-0.2, 0) is 0 Å². The number of hydrogen-bond acceptors (Lipinski definition) is 5. The quantitative estimate of drug-likeness (QED) is 0.888. The Bertz CT molecular complexity index is 584. The molecule has 0 amide bonds. The highest BCUT2D eigenvalue weighted by molar-refractivity contribution is 7.12. The number of rotatable bonds is 6. The van der Waals surface area contributed by atoms with Crippen molar-refractivity contribution < 1.29 is 14.2 Å². The molecule has 0 saturated heterocycles. The van der Waals surface area contributed by atoms with Crippen molar-refractivity contribution in [3.05, 3.63) is 39.6 Å². The predicted octanol–water partition coefficient (Wildman–Crippen LogP) is 3.39. The number of hydrogen-bond donors (Lipinski definition) is 1. The highest BCUT2D eigenvalue weighted by Gasteiger charge is 2.23. The van der Waals surface area contributed by atoms with Crippen LogP contribution in [0.1, 0.15) is 21.4 Å². The summed E-state index contributed by atoms with van der Waals surface area (Å²) in [5, 5.41) is 3.34. The summed E-state index contributed by atoms with van der Waals surface area (Å²) < 4.78 is 16.4. The summed E-state index contributed by atoms with van der Waals surface area (Å²) in [6.07, 6.45) is 0. The van der Waals surface area contributed by atoms with Gasteiger partial charge >= 0.3 is 0 Å². The second-order valence-electron chi connectivity index (χ2n) is 4.62. The summed E-state index contributed by atoms with van der Waals surface area (Å²) in [6.45, 7) is 2.10. The molecule has 5 heteroatoms. The van der Waals surface area contributed by atoms with Crippen LogP contribution < -0.4 is 19.5 Å². The van der Waals surface area contributed by atoms with Crippen LogP contribution in [0.25, 0.3) is 0 Å². The normalized spacial score (nSPS) is 12.0. The van der Waals surface area contributed by atoms with Gasteiger partial charge in [-0.25, -0.2) is 0 Å². The fourth-order valence-corrected chi connectivity index (χ4v) is 3.35. The van der Waals surface area contributed by atoms with Gasteiger partial charge in [-0.3, -0.25) is 0 Å². The van der Waals surface area contributed by atoms with Gasteiger partial charge in [0.05, 0.1) is 32.9 Å². The minimum absolute atomic E-state index is 0.0134. The number of thiophene rings is 1. The van der Waals surface area contributed by atoms with Crippen LogP contribution >= 0.6 is 11.3 Å². The third-order valence-electron chi connectivity index (χ3n) is 3.38. The van der Waals surface area contributed by atoms with E-state index in [1.165, 1.54) is 9.75 Å². The summed E-state index contributed by atoms with van der Waals surface area (Å²) in [7, 11) is 6.88. The molecular weight excluding hydrogens is 286 g/mol. The lowest BCUT2D eigenvalue weighted by Crippen LogP contribution is -2.18. The van der Waals surface area contributed by atoms with E-state index in [0.717, 1.165) is 17.1 Å². The fraction of sp³-hybridized carbons (Fsp3) is 0.375. The van der Waals surface area contributed by atoms with Crippen molar-refractivity contribution in [2.45, 2.75) is 13.0 Å². The first kappa shape index (κ1) is 15.7. The zero-order valence-corrected chi connectivity index (χ0v) is 13.8. The standard InChI is InChI=1S/C16H21NO3S/c1-10-6-7-14(21-10)16(17-2)15-12(19-4)8-11(18-3)9-13(15)20-5/h6-9,16-17H,1-5H3. The molecule has 0 bridgehead atoms. The smallest absolute Gasteiger partial charge is 0.131 e. The summed E-state index contributed by atoms with van der Waals surface area (Å²) >= 11 is 1.76. The third kappa shape index (κ3) is 3.14. The Hall–Kier alpha value is -1.72. The molecule has 0 aliphatic carbocycles. The van der Waals surface area contributed by atoms with E-state index >= 15 is 0 Å². The molecule has 0 aliphatic heterocycles. The molecule has 1 atom stereocenters. The van der Waals surface area contributed by atoms with Crippen molar-refractivity contribution in [3.63, 3.8) is 0 Å². The van der Waals surface area contributed by atoms with Gasteiger partial charge in [-0.05, 0) is 26.1 Å². The highest BCUT2D eigenvalue weighted by Crippen LogP contribution is 2.41. The first-order valence-electron chi connectivity index (χ1n) is 6.68. The molecule has 0 fully saturated rings. The summed E-state index contributed by atoms with van der Waals surface area (Å²) in [4.78, 5) is 2.49. The molecule has 2 aromatic rings. The van der Waals surface area contributed by atoms with Crippen molar-refractivity contribution >= 4 is 11.3 Å². The predicted molar refractivity (Wildman–Crippen MR) is 86.1 cm³/mol. The van der Waals surface area contributed by atoms with E-state index in [9.17, 15) is 0 Å². The Morgan fingerprint density at radius 3 is 2.00 bits per heavy atom. The van der Waals surface area contributed by atoms with Crippen molar-refractivity contribution in [1.82, 2.24) is 5.32 Å². The van der Waals surface area contributed by atoms with Crippen LogP contribution in [0, 0.1) is 6.92 Å². The molecule has 1 heterocycles. The average molecular weight is 307 g/mol. The highest BCUT2D eigenvalue weighted by atomic mass is 32.1. The fourth-order valence-electron chi connectivity index (χ4n) is 2.35. The van der Waals surface area contributed by atoms with E-state index < -0.39 is 0 Å². The Labute approximate surface area is 129 Å². The van der Waals surface area contributed by atoms with E-state index in [0.29, 0.717) is 5.75 Å². The SMILES string of the molecule is CNC(c1ccc(C)s1)c1c(OC)cc(OC)cc1OC. The largest absolute Gasteiger partial charge is 0.496 e. The van der Waals surface area contributed by atoms with Crippen molar-refractivity contribution in [2.24, 2.45) is 0 Å². The van der Waals surface area contributed by atoms with Gasteiger partial charge in [0.25, 0.3) is 0 Å². The second kappa shape index (κ2) is 6.83. The lowest BCUT2D eigenvalue weighted by atomic mass is 10.0. The average Bonchev–Trinajstić information content (AvgIpc) is 2.94. The first-order chi connectivity index (χ1) is 10.1. The zero-order chi connectivity index (χ0) is 15.4. The molecule has 1 N–H and O–H groups in total. The Morgan fingerprint density at radius 2 is 1.62 bits per heavy atom. The Balaban J connectivity index is 2.58. The van der Waals surface area contributed by atoms with Crippen molar-refractivity contribution in [1.29, 1.82) is 0 Å². The summed E-state index contributed by atoms with van der Waals surface area (Å²) in [6, 6.07) is 8.02. The summed E-state index contributed by atoms with van der Waals surface area (Å²) in [5.74, 6) is 2.21. The van der Waals surface area contributed by atoms with Gasteiger partial charge in [-0.15, -0.1) is 11.3 Å². The van der Waals surface area contributed by atoms with Crippen molar-refractivity contribution in [2.75, 3.05) is 28.4 Å². The first-order valence-corrected chi connectivity index (χ1v) is 7.49. The molecule has 1 unspecified atom stereocenters. The molecule has 1 aromatic carbocycles.